The number of nitrogens with two attached hydrogens (primary N) is 1. The lowest BCUT2D eigenvalue weighted by Gasteiger charge is -2.29. The molecule has 1 amide bonds. The Kier molecular flexibility index (Phi) is 3.61. The molecule has 4 N–H and O–H groups in total. The van der Waals surface area contributed by atoms with Crippen molar-refractivity contribution in [2.45, 2.75) is 44.6 Å². The molecule has 0 heterocycles. The minimum Gasteiger partial charge on any atom is -0.480 e. The molecule has 0 aliphatic heterocycles. The molecule has 3 unspecified atom stereocenters. The Morgan fingerprint density at radius 3 is 2.50 bits per heavy atom. The van der Waals surface area contributed by atoms with E-state index in [1.54, 1.807) is 6.92 Å². The summed E-state index contributed by atoms with van der Waals surface area (Å²) in [6, 6.07) is 0. The predicted molar refractivity (Wildman–Crippen MR) is 66.8 cm³/mol. The van der Waals surface area contributed by atoms with Crippen LogP contribution in [0.5, 0.6) is 0 Å². The van der Waals surface area contributed by atoms with Gasteiger partial charge in [-0.15, -0.1) is 0 Å². The molecule has 2 saturated carbocycles. The van der Waals surface area contributed by atoms with E-state index in [9.17, 15) is 14.7 Å². The third kappa shape index (κ3) is 2.36. The first kappa shape index (κ1) is 13.3. The van der Waals surface area contributed by atoms with Crippen LogP contribution in [-0.4, -0.2) is 29.1 Å². The zero-order valence-electron chi connectivity index (χ0n) is 10.8. The van der Waals surface area contributed by atoms with E-state index in [1.807, 2.05) is 0 Å². The number of nitrogens with one attached hydrogen (secondary N) is 1. The van der Waals surface area contributed by atoms with Crippen LogP contribution in [0.1, 0.15) is 39.0 Å². The Bertz CT molecular complexity index is 354. The number of hydrogen-bond acceptors (Lipinski definition) is 3. The van der Waals surface area contributed by atoms with Gasteiger partial charge in [0.15, 0.2) is 0 Å². The Balaban J connectivity index is 2.03. The van der Waals surface area contributed by atoms with Crippen molar-refractivity contribution in [3.05, 3.63) is 0 Å². The van der Waals surface area contributed by atoms with E-state index in [0.29, 0.717) is 6.54 Å². The van der Waals surface area contributed by atoms with Gasteiger partial charge >= 0.3 is 5.97 Å². The molecular weight excluding hydrogens is 232 g/mol. The molecule has 2 aliphatic carbocycles. The normalized spacial score (nSPS) is 30.8. The lowest BCUT2D eigenvalue weighted by Crippen LogP contribution is -2.56. The maximum Gasteiger partial charge on any atom is 0.329 e. The fourth-order valence-electron chi connectivity index (χ4n) is 3.00. The quantitative estimate of drug-likeness (QED) is 0.674. The second-order valence-electron chi connectivity index (χ2n) is 5.80. The van der Waals surface area contributed by atoms with Crippen LogP contribution in [-0.2, 0) is 9.59 Å². The van der Waals surface area contributed by atoms with Crippen molar-refractivity contribution in [3.63, 3.8) is 0 Å². The monoisotopic (exact) mass is 254 g/mol. The number of hydrogen-bond donors (Lipinski definition) is 3. The number of carboxylic acids is 1. The molecule has 5 nitrogen and oxygen atoms in total. The molecule has 2 aliphatic rings. The summed E-state index contributed by atoms with van der Waals surface area (Å²) in [7, 11) is 0. The van der Waals surface area contributed by atoms with Gasteiger partial charge in [-0.3, -0.25) is 4.79 Å². The molecule has 0 bridgehead atoms. The molecule has 18 heavy (non-hydrogen) atoms. The molecule has 2 fully saturated rings. The highest BCUT2D eigenvalue weighted by Crippen LogP contribution is 2.40. The molecule has 0 radical (unpaired) electrons. The van der Waals surface area contributed by atoms with Crippen LogP contribution in [0.3, 0.4) is 0 Å². The zero-order chi connectivity index (χ0) is 13.3. The average molecular weight is 254 g/mol. The molecule has 0 spiro atoms. The molecule has 0 aromatic rings. The molecule has 2 rings (SSSR count). The predicted octanol–water partition coefficient (Wildman–Crippen LogP) is 0.731. The zero-order valence-corrected chi connectivity index (χ0v) is 10.8. The second-order valence-corrected chi connectivity index (χ2v) is 5.80. The fraction of sp³-hybridized carbons (Fsp3) is 0.846. The Morgan fingerprint density at radius 1 is 1.33 bits per heavy atom. The Labute approximate surface area is 107 Å². The van der Waals surface area contributed by atoms with Gasteiger partial charge in [0.2, 0.25) is 5.91 Å². The van der Waals surface area contributed by atoms with Gasteiger partial charge < -0.3 is 16.2 Å². The Morgan fingerprint density at radius 2 is 2.00 bits per heavy atom. The number of carbonyl (C=O) groups excluding carboxylic acids is 1. The minimum atomic E-state index is -1.10. The van der Waals surface area contributed by atoms with E-state index >= 15 is 0 Å². The summed E-state index contributed by atoms with van der Waals surface area (Å²) in [5.41, 5.74) is 4.56. The third-order valence-electron chi connectivity index (χ3n) is 4.52. The first-order valence-electron chi connectivity index (χ1n) is 6.74. The van der Waals surface area contributed by atoms with Crippen LogP contribution in [0.15, 0.2) is 0 Å². The van der Waals surface area contributed by atoms with E-state index in [0.717, 1.165) is 32.1 Å². The second kappa shape index (κ2) is 4.88. The van der Waals surface area contributed by atoms with E-state index in [1.165, 1.54) is 0 Å². The fourth-order valence-corrected chi connectivity index (χ4v) is 3.00. The summed E-state index contributed by atoms with van der Waals surface area (Å²) in [6.45, 7) is 2.13. The van der Waals surface area contributed by atoms with Gasteiger partial charge in [-0.25, -0.2) is 4.79 Å². The summed E-state index contributed by atoms with van der Waals surface area (Å²) < 4.78 is 0. The molecule has 0 aromatic carbocycles. The number of carboxylic acid groups (broad SMARTS) is 1. The van der Waals surface area contributed by atoms with Crippen molar-refractivity contribution in [2.75, 3.05) is 6.54 Å². The standard InChI is InChI=1S/C13H22N2O3/c1-13(12(17)18,9-5-6-9)15-11(16)10-4-2-3-8(10)7-14/h8-10H,2-7,14H2,1H3,(H,15,16)(H,17,18). The third-order valence-corrected chi connectivity index (χ3v) is 4.52. The van der Waals surface area contributed by atoms with Crippen molar-refractivity contribution in [1.29, 1.82) is 0 Å². The maximum atomic E-state index is 12.2. The molecule has 102 valence electrons. The van der Waals surface area contributed by atoms with Gasteiger partial charge in [0, 0.05) is 5.92 Å². The van der Waals surface area contributed by atoms with Crippen LogP contribution in [0.25, 0.3) is 0 Å². The van der Waals surface area contributed by atoms with Crippen LogP contribution < -0.4 is 11.1 Å². The summed E-state index contributed by atoms with van der Waals surface area (Å²) in [4.78, 5) is 23.6. The van der Waals surface area contributed by atoms with Crippen LogP contribution in [0.4, 0.5) is 0 Å². The van der Waals surface area contributed by atoms with E-state index in [2.05, 4.69) is 5.32 Å². The van der Waals surface area contributed by atoms with E-state index < -0.39 is 11.5 Å². The van der Waals surface area contributed by atoms with E-state index in [4.69, 9.17) is 5.73 Å². The van der Waals surface area contributed by atoms with Gasteiger partial charge in [-0.05, 0) is 51.0 Å². The largest absolute Gasteiger partial charge is 0.480 e. The SMILES string of the molecule is CC(NC(=O)C1CCCC1CN)(C(=O)O)C1CC1. The summed E-state index contributed by atoms with van der Waals surface area (Å²) in [5.74, 6) is -0.869. The van der Waals surface area contributed by atoms with Crippen molar-refractivity contribution >= 4 is 11.9 Å². The average Bonchev–Trinajstić information content (AvgIpc) is 3.07. The molecule has 0 saturated heterocycles. The minimum absolute atomic E-state index is 0.0803. The molecule has 3 atom stereocenters. The number of aliphatic carboxylic acids is 1. The Hall–Kier alpha value is -1.10. The number of amides is 1. The topological polar surface area (TPSA) is 92.4 Å². The first-order chi connectivity index (χ1) is 8.49. The summed E-state index contributed by atoms with van der Waals surface area (Å²) in [5, 5.41) is 12.1. The van der Waals surface area contributed by atoms with Crippen molar-refractivity contribution in [2.24, 2.45) is 23.5 Å². The highest BCUT2D eigenvalue weighted by molar-refractivity contribution is 5.88. The summed E-state index contributed by atoms with van der Waals surface area (Å²) in [6.07, 6.45) is 4.57. The number of rotatable bonds is 5. The smallest absolute Gasteiger partial charge is 0.329 e. The van der Waals surface area contributed by atoms with Crippen molar-refractivity contribution < 1.29 is 14.7 Å². The lowest BCUT2D eigenvalue weighted by atomic mass is 9.91. The van der Waals surface area contributed by atoms with Crippen LogP contribution in [0, 0.1) is 17.8 Å². The van der Waals surface area contributed by atoms with Gasteiger partial charge in [0.05, 0.1) is 0 Å². The van der Waals surface area contributed by atoms with E-state index in [-0.39, 0.29) is 23.7 Å². The van der Waals surface area contributed by atoms with Crippen LogP contribution in [0.2, 0.25) is 0 Å². The van der Waals surface area contributed by atoms with Crippen molar-refractivity contribution in [1.82, 2.24) is 5.32 Å². The first-order valence-corrected chi connectivity index (χ1v) is 6.74. The highest BCUT2D eigenvalue weighted by atomic mass is 16.4. The molecule has 5 heteroatoms. The van der Waals surface area contributed by atoms with Gasteiger partial charge in [0.1, 0.15) is 5.54 Å². The number of carbonyl (C=O) groups is 2. The van der Waals surface area contributed by atoms with Gasteiger partial charge in [0.25, 0.3) is 0 Å². The maximum absolute atomic E-state index is 12.2. The van der Waals surface area contributed by atoms with Gasteiger partial charge in [-0.2, -0.15) is 0 Å². The molecular formula is C13H22N2O3. The highest BCUT2D eigenvalue weighted by Gasteiger charge is 2.49. The van der Waals surface area contributed by atoms with Crippen molar-refractivity contribution in [3.8, 4) is 0 Å². The lowest BCUT2D eigenvalue weighted by molar-refractivity contribution is -0.148. The molecule has 0 aromatic heterocycles. The van der Waals surface area contributed by atoms with Gasteiger partial charge in [-0.1, -0.05) is 6.42 Å². The summed E-state index contributed by atoms with van der Waals surface area (Å²) >= 11 is 0. The van der Waals surface area contributed by atoms with Crippen LogP contribution >= 0.6 is 0 Å².